The molecule has 0 atom stereocenters. The van der Waals surface area contributed by atoms with Crippen LogP contribution < -0.4 is 15.8 Å². The van der Waals surface area contributed by atoms with Crippen LogP contribution in [-0.4, -0.2) is 38.0 Å². The molecule has 1 aromatic rings. The van der Waals surface area contributed by atoms with Crippen molar-refractivity contribution in [3.05, 3.63) is 29.6 Å². The number of urea groups is 1. The maximum atomic E-state index is 13.5. The first-order valence-electron chi connectivity index (χ1n) is 7.49. The number of primary amides is 1. The van der Waals surface area contributed by atoms with Gasteiger partial charge < -0.3 is 20.5 Å². The molecule has 1 rings (SSSR count). The Labute approximate surface area is 139 Å². The van der Waals surface area contributed by atoms with E-state index in [2.05, 4.69) is 5.32 Å². The molecule has 2 amide bonds. The molecular weight excluding hydrogens is 319 g/mol. The van der Waals surface area contributed by atoms with Crippen LogP contribution in [0.1, 0.15) is 36.0 Å². The highest BCUT2D eigenvalue weighted by Crippen LogP contribution is 2.18. The molecule has 0 unspecified atom stereocenters. The van der Waals surface area contributed by atoms with Crippen LogP contribution in [0.4, 0.5) is 9.18 Å². The van der Waals surface area contributed by atoms with Crippen molar-refractivity contribution in [1.29, 1.82) is 0 Å². The summed E-state index contributed by atoms with van der Waals surface area (Å²) in [5.41, 5.74) is 5.02. The average molecular weight is 340 g/mol. The molecule has 132 valence electrons. The molecule has 7 nitrogen and oxygen atoms in total. The molecule has 0 bridgehead atoms. The van der Waals surface area contributed by atoms with Gasteiger partial charge in [-0.25, -0.2) is 9.18 Å². The van der Waals surface area contributed by atoms with E-state index in [4.69, 9.17) is 15.2 Å². The third-order valence-electron chi connectivity index (χ3n) is 3.19. The van der Waals surface area contributed by atoms with Gasteiger partial charge in [-0.2, -0.15) is 0 Å². The predicted octanol–water partition coefficient (Wildman–Crippen LogP) is 1.79. The fraction of sp³-hybridized carbons (Fsp3) is 0.438. The van der Waals surface area contributed by atoms with Crippen molar-refractivity contribution in [1.82, 2.24) is 5.32 Å². The standard InChI is InChI=1S/C16H21FN2O5/c1-23-14-7-6-11(9-12(14)17)13(20)10-24-15(21)5-3-2-4-8-19-16(18)22/h6-7,9H,2-5,8,10H2,1H3,(H3,18,19,22). The minimum atomic E-state index is -0.653. The average Bonchev–Trinajstić information content (AvgIpc) is 2.55. The number of hydrogen-bond acceptors (Lipinski definition) is 5. The maximum Gasteiger partial charge on any atom is 0.312 e. The number of hydrogen-bond donors (Lipinski definition) is 2. The minimum Gasteiger partial charge on any atom is -0.494 e. The second-order valence-corrected chi connectivity index (χ2v) is 5.03. The smallest absolute Gasteiger partial charge is 0.312 e. The largest absolute Gasteiger partial charge is 0.494 e. The first-order valence-corrected chi connectivity index (χ1v) is 7.49. The number of benzene rings is 1. The van der Waals surface area contributed by atoms with Crippen LogP contribution in [0.2, 0.25) is 0 Å². The second-order valence-electron chi connectivity index (χ2n) is 5.03. The summed E-state index contributed by atoms with van der Waals surface area (Å²) < 4.78 is 23.1. The molecular formula is C16H21FN2O5. The van der Waals surface area contributed by atoms with E-state index in [-0.39, 0.29) is 17.7 Å². The lowest BCUT2D eigenvalue weighted by molar-refractivity contribution is -0.142. The monoisotopic (exact) mass is 340 g/mol. The Morgan fingerprint density at radius 1 is 1.21 bits per heavy atom. The quantitative estimate of drug-likeness (QED) is 0.383. The Morgan fingerprint density at radius 3 is 2.58 bits per heavy atom. The highest BCUT2D eigenvalue weighted by Gasteiger charge is 2.12. The van der Waals surface area contributed by atoms with Gasteiger partial charge in [0.2, 0.25) is 0 Å². The van der Waals surface area contributed by atoms with Gasteiger partial charge in [-0.05, 0) is 31.0 Å². The molecule has 0 aliphatic carbocycles. The maximum absolute atomic E-state index is 13.5. The summed E-state index contributed by atoms with van der Waals surface area (Å²) in [6, 6.07) is 3.21. The fourth-order valence-corrected chi connectivity index (χ4v) is 1.92. The number of methoxy groups -OCH3 is 1. The summed E-state index contributed by atoms with van der Waals surface area (Å²) in [6.45, 7) is 0.0136. The molecule has 0 saturated carbocycles. The molecule has 24 heavy (non-hydrogen) atoms. The van der Waals surface area contributed by atoms with Crippen molar-refractivity contribution >= 4 is 17.8 Å². The highest BCUT2D eigenvalue weighted by molar-refractivity contribution is 5.98. The van der Waals surface area contributed by atoms with E-state index in [1.54, 1.807) is 0 Å². The van der Waals surface area contributed by atoms with Crippen LogP contribution in [0.25, 0.3) is 0 Å². The number of rotatable bonds is 10. The van der Waals surface area contributed by atoms with Crippen molar-refractivity contribution in [3.63, 3.8) is 0 Å². The number of Topliss-reactive ketones (excluding diaryl/α,β-unsaturated/α-hetero) is 1. The summed E-state index contributed by atoms with van der Waals surface area (Å²) in [6.07, 6.45) is 2.15. The summed E-state index contributed by atoms with van der Waals surface area (Å²) in [7, 11) is 1.33. The van der Waals surface area contributed by atoms with Crippen LogP contribution in [0.3, 0.4) is 0 Å². The number of ketones is 1. The first kappa shape index (κ1) is 19.4. The molecule has 3 N–H and O–H groups in total. The van der Waals surface area contributed by atoms with Gasteiger partial charge >= 0.3 is 12.0 Å². The van der Waals surface area contributed by atoms with Crippen LogP contribution in [-0.2, 0) is 9.53 Å². The van der Waals surface area contributed by atoms with E-state index in [9.17, 15) is 18.8 Å². The van der Waals surface area contributed by atoms with Gasteiger partial charge in [0.25, 0.3) is 0 Å². The lowest BCUT2D eigenvalue weighted by Crippen LogP contribution is -2.29. The lowest BCUT2D eigenvalue weighted by atomic mass is 10.1. The van der Waals surface area contributed by atoms with Gasteiger partial charge in [0.05, 0.1) is 7.11 Å². The number of carbonyl (C=O) groups is 3. The number of nitrogens with one attached hydrogen (secondary N) is 1. The number of nitrogens with two attached hydrogens (primary N) is 1. The number of esters is 1. The molecule has 0 saturated heterocycles. The molecule has 0 aliphatic heterocycles. The predicted molar refractivity (Wildman–Crippen MR) is 84.3 cm³/mol. The first-order chi connectivity index (χ1) is 11.4. The Bertz CT molecular complexity index is 592. The summed E-state index contributed by atoms with van der Waals surface area (Å²) in [5.74, 6) is -1.61. The number of carbonyl (C=O) groups excluding carboxylic acids is 3. The Morgan fingerprint density at radius 2 is 1.96 bits per heavy atom. The molecule has 0 radical (unpaired) electrons. The molecule has 0 fully saturated rings. The van der Waals surface area contributed by atoms with E-state index in [0.29, 0.717) is 25.8 Å². The van der Waals surface area contributed by atoms with Gasteiger partial charge in [0.15, 0.2) is 24.0 Å². The number of amides is 2. The van der Waals surface area contributed by atoms with E-state index < -0.39 is 30.2 Å². The van der Waals surface area contributed by atoms with Crippen LogP contribution in [0.15, 0.2) is 18.2 Å². The number of halogens is 1. The molecule has 1 aromatic carbocycles. The molecule has 0 heterocycles. The highest BCUT2D eigenvalue weighted by atomic mass is 19.1. The van der Waals surface area contributed by atoms with Crippen LogP contribution in [0, 0.1) is 5.82 Å². The number of unbranched alkanes of at least 4 members (excludes halogenated alkanes) is 2. The molecule has 8 heteroatoms. The van der Waals surface area contributed by atoms with Crippen molar-refractivity contribution in [3.8, 4) is 5.75 Å². The van der Waals surface area contributed by atoms with E-state index >= 15 is 0 Å². The topological polar surface area (TPSA) is 108 Å². The normalized spacial score (nSPS) is 10.1. The van der Waals surface area contributed by atoms with Gasteiger partial charge in [-0.15, -0.1) is 0 Å². The van der Waals surface area contributed by atoms with E-state index in [1.807, 2.05) is 0 Å². The zero-order valence-corrected chi connectivity index (χ0v) is 13.5. The van der Waals surface area contributed by atoms with Gasteiger partial charge in [0.1, 0.15) is 0 Å². The van der Waals surface area contributed by atoms with Crippen molar-refractivity contribution in [2.75, 3.05) is 20.3 Å². The minimum absolute atomic E-state index is 0.0365. The zero-order chi connectivity index (χ0) is 17.9. The molecule has 0 aliphatic rings. The third kappa shape index (κ3) is 7.08. The SMILES string of the molecule is COc1ccc(C(=O)COC(=O)CCCCCNC(N)=O)cc1F. The Balaban J connectivity index is 2.25. The van der Waals surface area contributed by atoms with Crippen LogP contribution in [0.5, 0.6) is 5.75 Å². The van der Waals surface area contributed by atoms with Gasteiger partial charge in [0, 0.05) is 18.5 Å². The number of ether oxygens (including phenoxy) is 2. The van der Waals surface area contributed by atoms with Crippen molar-refractivity contribution in [2.24, 2.45) is 5.73 Å². The molecule has 0 spiro atoms. The second kappa shape index (κ2) is 10.2. The Kier molecular flexibility index (Phi) is 8.24. The van der Waals surface area contributed by atoms with E-state index in [0.717, 1.165) is 6.07 Å². The van der Waals surface area contributed by atoms with Gasteiger partial charge in [-0.1, -0.05) is 6.42 Å². The van der Waals surface area contributed by atoms with Crippen molar-refractivity contribution in [2.45, 2.75) is 25.7 Å². The third-order valence-corrected chi connectivity index (χ3v) is 3.19. The summed E-state index contributed by atoms with van der Waals surface area (Å²) >= 11 is 0. The van der Waals surface area contributed by atoms with Crippen molar-refractivity contribution < 1.29 is 28.2 Å². The summed E-state index contributed by atoms with van der Waals surface area (Å²) in [4.78, 5) is 33.8. The fourth-order valence-electron chi connectivity index (χ4n) is 1.92. The van der Waals surface area contributed by atoms with E-state index in [1.165, 1.54) is 19.2 Å². The summed E-state index contributed by atoms with van der Waals surface area (Å²) in [5, 5.41) is 2.44. The zero-order valence-electron chi connectivity index (χ0n) is 13.5. The lowest BCUT2D eigenvalue weighted by Gasteiger charge is -2.06. The molecule has 0 aromatic heterocycles. The Hall–Kier alpha value is -2.64. The van der Waals surface area contributed by atoms with Gasteiger partial charge in [-0.3, -0.25) is 9.59 Å². The van der Waals surface area contributed by atoms with Crippen LogP contribution >= 0.6 is 0 Å².